The predicted octanol–water partition coefficient (Wildman–Crippen LogP) is 3.00. The van der Waals surface area contributed by atoms with Crippen molar-refractivity contribution >= 4 is 12.4 Å². The van der Waals surface area contributed by atoms with E-state index >= 15 is 0 Å². The molecule has 1 aromatic rings. The number of hydrogen-bond acceptors (Lipinski definition) is 2. The topological polar surface area (TPSA) is 20.3 Å². The second-order valence-corrected chi connectivity index (χ2v) is 4.55. The summed E-state index contributed by atoms with van der Waals surface area (Å²) in [5.41, 5.74) is 1.89. The first-order chi connectivity index (χ1) is 8.38. The number of nitrogens with zero attached hydrogens (tertiary/aromatic N) is 1. The molecule has 0 bridgehead atoms. The number of benzene rings is 1. The van der Waals surface area contributed by atoms with Crippen molar-refractivity contribution in [3.63, 3.8) is 0 Å². The summed E-state index contributed by atoms with van der Waals surface area (Å²) in [5.74, 6) is 0. The second kappa shape index (κ2) is 6.36. The van der Waals surface area contributed by atoms with Gasteiger partial charge in [0.25, 0.3) is 0 Å². The number of hydrogen-bond donors (Lipinski definition) is 0. The standard InChI is InChI=1S/C15H19NO/c17-13-15-8-6-14(7-9-15)5-4-12-16-10-2-1-3-11-16/h4-9,13H,1-3,10-12H2/b5-4+. The zero-order chi connectivity index (χ0) is 11.9. The fourth-order valence-corrected chi connectivity index (χ4v) is 2.17. The quantitative estimate of drug-likeness (QED) is 0.740. The molecular formula is C15H19NO. The summed E-state index contributed by atoms with van der Waals surface area (Å²) in [4.78, 5) is 13.0. The minimum absolute atomic E-state index is 0.734. The summed E-state index contributed by atoms with van der Waals surface area (Å²) >= 11 is 0. The fraction of sp³-hybridized carbons (Fsp3) is 0.400. The second-order valence-electron chi connectivity index (χ2n) is 4.55. The van der Waals surface area contributed by atoms with Crippen LogP contribution in [0.1, 0.15) is 35.2 Å². The number of likely N-dealkylation sites (tertiary alicyclic amines) is 1. The van der Waals surface area contributed by atoms with Gasteiger partial charge < -0.3 is 0 Å². The Morgan fingerprint density at radius 3 is 2.29 bits per heavy atom. The molecule has 1 aromatic carbocycles. The highest BCUT2D eigenvalue weighted by Gasteiger charge is 2.07. The Morgan fingerprint density at radius 2 is 1.65 bits per heavy atom. The molecule has 1 fully saturated rings. The first-order valence-electron chi connectivity index (χ1n) is 6.32. The molecule has 1 heterocycles. The van der Waals surface area contributed by atoms with Gasteiger partial charge in [0, 0.05) is 12.1 Å². The zero-order valence-electron chi connectivity index (χ0n) is 10.1. The lowest BCUT2D eigenvalue weighted by Gasteiger charge is -2.24. The highest BCUT2D eigenvalue weighted by Crippen LogP contribution is 2.09. The molecule has 2 rings (SSSR count). The molecule has 1 saturated heterocycles. The third-order valence-electron chi connectivity index (χ3n) is 3.20. The highest BCUT2D eigenvalue weighted by molar-refractivity contribution is 5.75. The normalized spacial score (nSPS) is 17.4. The van der Waals surface area contributed by atoms with Gasteiger partial charge in [-0.25, -0.2) is 0 Å². The van der Waals surface area contributed by atoms with E-state index in [2.05, 4.69) is 17.1 Å². The van der Waals surface area contributed by atoms with Crippen LogP contribution in [0.15, 0.2) is 30.3 Å². The van der Waals surface area contributed by atoms with E-state index in [1.165, 1.54) is 32.4 Å². The number of carbonyl (C=O) groups is 1. The molecule has 1 aliphatic rings. The van der Waals surface area contributed by atoms with Gasteiger partial charge in [-0.05, 0) is 31.5 Å². The third kappa shape index (κ3) is 3.82. The largest absolute Gasteiger partial charge is 0.300 e. The van der Waals surface area contributed by atoms with Gasteiger partial charge in [-0.2, -0.15) is 0 Å². The van der Waals surface area contributed by atoms with E-state index in [1.54, 1.807) is 0 Å². The van der Waals surface area contributed by atoms with Crippen molar-refractivity contribution in [2.45, 2.75) is 19.3 Å². The van der Waals surface area contributed by atoms with E-state index in [-0.39, 0.29) is 0 Å². The van der Waals surface area contributed by atoms with E-state index in [1.807, 2.05) is 24.3 Å². The summed E-state index contributed by atoms with van der Waals surface area (Å²) in [6, 6.07) is 7.67. The van der Waals surface area contributed by atoms with Crippen LogP contribution in [0.25, 0.3) is 6.08 Å². The number of aldehydes is 1. The third-order valence-corrected chi connectivity index (χ3v) is 3.20. The van der Waals surface area contributed by atoms with Gasteiger partial charge in [-0.1, -0.05) is 42.8 Å². The molecule has 0 spiro atoms. The lowest BCUT2D eigenvalue weighted by molar-refractivity contribution is 0.112. The van der Waals surface area contributed by atoms with Gasteiger partial charge in [0.2, 0.25) is 0 Å². The van der Waals surface area contributed by atoms with Gasteiger partial charge in [-0.15, -0.1) is 0 Å². The molecule has 1 aliphatic heterocycles. The molecule has 0 saturated carbocycles. The zero-order valence-corrected chi connectivity index (χ0v) is 10.1. The van der Waals surface area contributed by atoms with Crippen LogP contribution in [0.2, 0.25) is 0 Å². The summed E-state index contributed by atoms with van der Waals surface area (Å²) in [6.07, 6.45) is 9.27. The minimum Gasteiger partial charge on any atom is -0.300 e. The van der Waals surface area contributed by atoms with Crippen LogP contribution in [0.3, 0.4) is 0 Å². The summed E-state index contributed by atoms with van der Waals surface area (Å²) in [7, 11) is 0. The van der Waals surface area contributed by atoms with E-state index in [0.29, 0.717) is 0 Å². The number of carbonyl (C=O) groups excluding carboxylic acids is 1. The van der Waals surface area contributed by atoms with Crippen LogP contribution in [0, 0.1) is 0 Å². The van der Waals surface area contributed by atoms with Crippen molar-refractivity contribution in [1.29, 1.82) is 0 Å². The van der Waals surface area contributed by atoms with E-state index < -0.39 is 0 Å². The summed E-state index contributed by atoms with van der Waals surface area (Å²) in [6.45, 7) is 3.50. The molecular weight excluding hydrogens is 210 g/mol. The SMILES string of the molecule is O=Cc1ccc(/C=C/CN2CCCCC2)cc1. The average Bonchev–Trinajstić information content (AvgIpc) is 2.41. The molecule has 0 radical (unpaired) electrons. The molecule has 17 heavy (non-hydrogen) atoms. The Morgan fingerprint density at radius 1 is 1.00 bits per heavy atom. The molecule has 90 valence electrons. The average molecular weight is 229 g/mol. The fourth-order valence-electron chi connectivity index (χ4n) is 2.17. The predicted molar refractivity (Wildman–Crippen MR) is 71.2 cm³/mol. The Kier molecular flexibility index (Phi) is 4.51. The van der Waals surface area contributed by atoms with Crippen molar-refractivity contribution in [3.05, 3.63) is 41.5 Å². The molecule has 0 aliphatic carbocycles. The van der Waals surface area contributed by atoms with Crippen molar-refractivity contribution in [1.82, 2.24) is 4.90 Å². The van der Waals surface area contributed by atoms with Crippen molar-refractivity contribution in [2.75, 3.05) is 19.6 Å². The van der Waals surface area contributed by atoms with Crippen LogP contribution in [0.4, 0.5) is 0 Å². The molecule has 0 atom stereocenters. The van der Waals surface area contributed by atoms with Gasteiger partial charge in [-0.3, -0.25) is 9.69 Å². The number of rotatable bonds is 4. The van der Waals surface area contributed by atoms with E-state index in [4.69, 9.17) is 0 Å². The van der Waals surface area contributed by atoms with Crippen LogP contribution in [0.5, 0.6) is 0 Å². The molecule has 0 amide bonds. The van der Waals surface area contributed by atoms with Crippen molar-refractivity contribution in [2.24, 2.45) is 0 Å². The maximum Gasteiger partial charge on any atom is 0.150 e. The maximum absolute atomic E-state index is 10.5. The lowest BCUT2D eigenvalue weighted by Crippen LogP contribution is -2.29. The smallest absolute Gasteiger partial charge is 0.150 e. The minimum atomic E-state index is 0.734. The van der Waals surface area contributed by atoms with Crippen molar-refractivity contribution in [3.8, 4) is 0 Å². The molecule has 2 nitrogen and oxygen atoms in total. The Labute approximate surface area is 103 Å². The Hall–Kier alpha value is -1.41. The van der Waals surface area contributed by atoms with Crippen LogP contribution in [-0.4, -0.2) is 30.8 Å². The maximum atomic E-state index is 10.5. The molecule has 0 unspecified atom stereocenters. The van der Waals surface area contributed by atoms with Crippen molar-refractivity contribution < 1.29 is 4.79 Å². The van der Waals surface area contributed by atoms with Gasteiger partial charge in [0.05, 0.1) is 0 Å². The molecule has 2 heteroatoms. The lowest BCUT2D eigenvalue weighted by atomic mass is 10.1. The van der Waals surface area contributed by atoms with Crippen LogP contribution < -0.4 is 0 Å². The summed E-state index contributed by atoms with van der Waals surface area (Å²) in [5, 5.41) is 0. The number of piperidine rings is 1. The van der Waals surface area contributed by atoms with Gasteiger partial charge >= 0.3 is 0 Å². The van der Waals surface area contributed by atoms with Crippen LogP contribution in [-0.2, 0) is 0 Å². The van der Waals surface area contributed by atoms with E-state index in [0.717, 1.165) is 24.0 Å². The van der Waals surface area contributed by atoms with Crippen LogP contribution >= 0.6 is 0 Å². The summed E-state index contributed by atoms with van der Waals surface area (Å²) < 4.78 is 0. The Bertz CT molecular complexity index is 374. The molecule has 0 N–H and O–H groups in total. The molecule has 0 aromatic heterocycles. The monoisotopic (exact) mass is 229 g/mol. The highest BCUT2D eigenvalue weighted by atomic mass is 16.1. The first-order valence-corrected chi connectivity index (χ1v) is 6.32. The van der Waals surface area contributed by atoms with E-state index in [9.17, 15) is 4.79 Å². The first kappa shape index (κ1) is 12.1. The van der Waals surface area contributed by atoms with Gasteiger partial charge in [0.1, 0.15) is 6.29 Å². The Balaban J connectivity index is 1.84. The van der Waals surface area contributed by atoms with Gasteiger partial charge in [0.15, 0.2) is 0 Å².